The third-order valence-corrected chi connectivity index (χ3v) is 9.17. The fraction of sp³-hybridized carbons (Fsp3) is 0.424. The summed E-state index contributed by atoms with van der Waals surface area (Å²) in [6, 6.07) is 11.0. The van der Waals surface area contributed by atoms with Crippen LogP contribution in [0.15, 0.2) is 48.7 Å². The molecule has 14 heteroatoms. The molecule has 0 bridgehead atoms. The highest BCUT2D eigenvalue weighted by Gasteiger charge is 2.49. The van der Waals surface area contributed by atoms with Crippen LogP contribution in [0.25, 0.3) is 0 Å². The highest BCUT2D eigenvalue weighted by atomic mass is 19.3. The number of pyridine rings is 1. The van der Waals surface area contributed by atoms with Crippen LogP contribution in [0, 0.1) is 0 Å². The van der Waals surface area contributed by atoms with Crippen LogP contribution in [0.5, 0.6) is 28.7 Å². The summed E-state index contributed by atoms with van der Waals surface area (Å²) in [4.78, 5) is 35.6. The number of halogens is 2. The smallest absolute Gasteiger partial charge is 0.497 e. The summed E-state index contributed by atoms with van der Waals surface area (Å²) in [5.74, 6) is 0.531. The lowest BCUT2D eigenvalue weighted by Crippen LogP contribution is -2.49. The van der Waals surface area contributed by atoms with Crippen molar-refractivity contribution in [1.29, 1.82) is 0 Å². The van der Waals surface area contributed by atoms with Crippen LogP contribution in [0.3, 0.4) is 0 Å². The molecule has 5 heterocycles. The maximum Gasteiger partial charge on any atom is 0.586 e. The Morgan fingerprint density at radius 2 is 1.81 bits per heavy atom. The van der Waals surface area contributed by atoms with Crippen molar-refractivity contribution in [3.8, 4) is 28.7 Å². The largest absolute Gasteiger partial charge is 0.586 e. The molecule has 0 aliphatic carbocycles. The van der Waals surface area contributed by atoms with Crippen LogP contribution in [-0.4, -0.2) is 91.0 Å². The summed E-state index contributed by atoms with van der Waals surface area (Å²) in [5, 5.41) is 12.3. The number of nitrogens with zero attached hydrogens (tertiary/aromatic N) is 3. The van der Waals surface area contributed by atoms with Gasteiger partial charge < -0.3 is 39.0 Å². The van der Waals surface area contributed by atoms with Gasteiger partial charge in [0.2, 0.25) is 5.91 Å². The third-order valence-electron chi connectivity index (χ3n) is 9.17. The van der Waals surface area contributed by atoms with Gasteiger partial charge in [0.25, 0.3) is 5.91 Å². The molecule has 248 valence electrons. The van der Waals surface area contributed by atoms with Gasteiger partial charge in [-0.3, -0.25) is 19.5 Å². The lowest BCUT2D eigenvalue weighted by atomic mass is 9.82. The van der Waals surface area contributed by atoms with Gasteiger partial charge in [0.15, 0.2) is 11.5 Å². The number of fused-ring (bicyclic) bond motifs is 3. The zero-order valence-electron chi connectivity index (χ0n) is 25.8. The number of aromatic nitrogens is 1. The van der Waals surface area contributed by atoms with Gasteiger partial charge in [-0.15, -0.1) is 8.78 Å². The predicted octanol–water partition coefficient (Wildman–Crippen LogP) is 3.19. The molecule has 2 amide bonds. The molecule has 1 saturated heterocycles. The van der Waals surface area contributed by atoms with Gasteiger partial charge in [-0.1, -0.05) is 0 Å². The van der Waals surface area contributed by atoms with Crippen molar-refractivity contribution >= 4 is 11.8 Å². The first-order valence-corrected chi connectivity index (χ1v) is 15.4. The number of amides is 2. The third kappa shape index (κ3) is 5.76. The van der Waals surface area contributed by atoms with Gasteiger partial charge in [0, 0.05) is 68.6 Å². The summed E-state index contributed by atoms with van der Waals surface area (Å²) in [5.41, 5.74) is 0.964. The molecule has 4 aliphatic heterocycles. The van der Waals surface area contributed by atoms with Crippen LogP contribution in [-0.2, 0) is 10.2 Å². The second-order valence-corrected chi connectivity index (χ2v) is 12.2. The zero-order chi connectivity index (χ0) is 32.9. The van der Waals surface area contributed by atoms with E-state index in [1.807, 2.05) is 6.07 Å². The first kappa shape index (κ1) is 30.9. The van der Waals surface area contributed by atoms with E-state index in [0.29, 0.717) is 67.5 Å². The fourth-order valence-corrected chi connectivity index (χ4v) is 6.45. The number of nitrogens with one attached hydrogen (secondary N) is 1. The normalized spacial score (nSPS) is 24.1. The standard InChI is InChI=1S/C33H34F2N4O8/c1-32(18-44-26-16-29-28(14-22(26)32)46-33(34,35)47-29)31(42)37-24-15-27(45-25-13-20(43-2)4-5-21(24)25)23-6-3-19(17-36-23)30(41)39-9-7-38(8-10-39)11-12-40/h3-6,13-14,16-17,24,27,40H,7-12,15,18H2,1-2H3,(H,37,42)/t24-,27-,32+/m1/s1. The molecule has 1 aromatic heterocycles. The molecule has 3 atom stereocenters. The first-order valence-electron chi connectivity index (χ1n) is 15.4. The Morgan fingerprint density at radius 1 is 1.04 bits per heavy atom. The summed E-state index contributed by atoms with van der Waals surface area (Å²) in [6.45, 7) is 4.87. The number of aliphatic hydroxyl groups excluding tert-OH is 1. The van der Waals surface area contributed by atoms with Gasteiger partial charge in [0.1, 0.15) is 35.4 Å². The van der Waals surface area contributed by atoms with E-state index in [0.717, 1.165) is 5.56 Å². The minimum Gasteiger partial charge on any atom is -0.497 e. The number of carbonyl (C=O) groups is 2. The van der Waals surface area contributed by atoms with Gasteiger partial charge in [-0.05, 0) is 37.3 Å². The van der Waals surface area contributed by atoms with Crippen molar-refractivity contribution in [1.82, 2.24) is 20.1 Å². The lowest BCUT2D eigenvalue weighted by Gasteiger charge is -2.35. The summed E-state index contributed by atoms with van der Waals surface area (Å²) < 4.78 is 54.2. The summed E-state index contributed by atoms with van der Waals surface area (Å²) in [7, 11) is 1.55. The average Bonchev–Trinajstić information content (AvgIpc) is 3.57. The van der Waals surface area contributed by atoms with Crippen molar-refractivity contribution < 1.29 is 47.2 Å². The van der Waals surface area contributed by atoms with Crippen molar-refractivity contribution in [2.75, 3.05) is 53.0 Å². The Kier molecular flexibility index (Phi) is 7.79. The van der Waals surface area contributed by atoms with Crippen LogP contribution in [0.1, 0.15) is 52.7 Å². The zero-order valence-corrected chi connectivity index (χ0v) is 25.8. The van der Waals surface area contributed by atoms with E-state index in [2.05, 4.69) is 24.7 Å². The molecule has 0 saturated carbocycles. The Morgan fingerprint density at radius 3 is 2.51 bits per heavy atom. The highest BCUT2D eigenvalue weighted by molar-refractivity contribution is 5.94. The second-order valence-electron chi connectivity index (χ2n) is 12.2. The molecule has 2 N–H and O–H groups in total. The number of benzene rings is 2. The van der Waals surface area contributed by atoms with Crippen LogP contribution >= 0.6 is 0 Å². The topological polar surface area (TPSA) is 132 Å². The number of aliphatic hydroxyl groups is 1. The molecule has 47 heavy (non-hydrogen) atoms. The van der Waals surface area contributed by atoms with E-state index in [9.17, 15) is 23.5 Å². The van der Waals surface area contributed by atoms with Gasteiger partial charge in [-0.2, -0.15) is 0 Å². The van der Waals surface area contributed by atoms with E-state index in [-0.39, 0.29) is 42.3 Å². The second kappa shape index (κ2) is 11.8. The number of rotatable bonds is 7. The maximum absolute atomic E-state index is 14.0. The van der Waals surface area contributed by atoms with Crippen LogP contribution in [0.2, 0.25) is 0 Å². The van der Waals surface area contributed by atoms with Crippen molar-refractivity contribution in [2.45, 2.75) is 37.2 Å². The summed E-state index contributed by atoms with van der Waals surface area (Å²) in [6.07, 6.45) is -2.50. The van der Waals surface area contributed by atoms with Gasteiger partial charge in [0.05, 0.1) is 31.0 Å². The number of ether oxygens (including phenoxy) is 5. The van der Waals surface area contributed by atoms with E-state index in [1.54, 1.807) is 43.2 Å². The highest BCUT2D eigenvalue weighted by Crippen LogP contribution is 2.50. The number of β-amino-alcohol motifs (C(OH)–C–C–N with tert-alkyl or cyclic N) is 1. The number of hydrogen-bond donors (Lipinski definition) is 2. The average molecular weight is 653 g/mol. The Balaban J connectivity index is 1.10. The van der Waals surface area contributed by atoms with E-state index >= 15 is 0 Å². The van der Waals surface area contributed by atoms with Gasteiger partial charge in [-0.25, -0.2) is 0 Å². The minimum absolute atomic E-state index is 0.0108. The molecule has 0 unspecified atom stereocenters. The number of hydrogen-bond acceptors (Lipinski definition) is 10. The molecule has 2 aromatic carbocycles. The summed E-state index contributed by atoms with van der Waals surface area (Å²) >= 11 is 0. The van der Waals surface area contributed by atoms with Crippen molar-refractivity contribution in [3.05, 3.63) is 71.0 Å². The van der Waals surface area contributed by atoms with E-state index in [1.165, 1.54) is 18.3 Å². The molecule has 1 fully saturated rings. The quantitative estimate of drug-likeness (QED) is 0.392. The molecule has 4 aliphatic rings. The fourth-order valence-electron chi connectivity index (χ4n) is 6.45. The Hall–Kier alpha value is -4.69. The number of alkyl halides is 2. The Bertz CT molecular complexity index is 1700. The molecular weight excluding hydrogens is 618 g/mol. The molecule has 3 aromatic rings. The van der Waals surface area contributed by atoms with Crippen molar-refractivity contribution in [2.24, 2.45) is 0 Å². The number of piperazine rings is 1. The van der Waals surface area contributed by atoms with E-state index < -0.39 is 23.9 Å². The minimum atomic E-state index is -3.80. The molecule has 0 spiro atoms. The number of carbonyl (C=O) groups excluding carboxylic acids is 2. The van der Waals surface area contributed by atoms with E-state index in [4.69, 9.17) is 14.2 Å². The predicted molar refractivity (Wildman–Crippen MR) is 161 cm³/mol. The molecule has 7 rings (SSSR count). The van der Waals surface area contributed by atoms with Crippen molar-refractivity contribution in [3.63, 3.8) is 0 Å². The van der Waals surface area contributed by atoms with Crippen LogP contribution < -0.4 is 29.0 Å². The monoisotopic (exact) mass is 652 g/mol. The molecule has 12 nitrogen and oxygen atoms in total. The first-order chi connectivity index (χ1) is 22.6. The SMILES string of the molecule is COc1ccc2c(c1)O[C@@H](c1ccc(C(=O)N3CCN(CCO)CC3)cn1)C[C@H]2NC(=O)[C@@]1(C)COc2cc3c(cc21)OC(F)(F)O3. The maximum atomic E-state index is 14.0. The van der Waals surface area contributed by atoms with Crippen LogP contribution in [0.4, 0.5) is 8.78 Å². The Labute approximate surface area is 269 Å². The number of methoxy groups -OCH3 is 1. The molecule has 0 radical (unpaired) electrons. The van der Waals surface area contributed by atoms with Gasteiger partial charge >= 0.3 is 6.29 Å². The lowest BCUT2D eigenvalue weighted by molar-refractivity contribution is -0.286. The molecular formula is C33H34F2N4O8.